The lowest BCUT2D eigenvalue weighted by atomic mass is 10.2. The van der Waals surface area contributed by atoms with E-state index in [9.17, 15) is 9.59 Å². The molecule has 4 rings (SSSR count). The molecule has 0 saturated heterocycles. The van der Waals surface area contributed by atoms with Crippen molar-refractivity contribution in [1.82, 2.24) is 5.32 Å². The maximum absolute atomic E-state index is 12.5. The molecule has 3 aromatic carbocycles. The lowest BCUT2D eigenvalue weighted by Gasteiger charge is -2.14. The van der Waals surface area contributed by atoms with E-state index in [-0.39, 0.29) is 24.9 Å². The highest BCUT2D eigenvalue weighted by Crippen LogP contribution is 2.23. The van der Waals surface area contributed by atoms with Crippen LogP contribution < -0.4 is 25.4 Å². The second-order valence-electron chi connectivity index (χ2n) is 7.75. The Balaban J connectivity index is 1.24. The molecule has 8 nitrogen and oxygen atoms in total. The van der Waals surface area contributed by atoms with Gasteiger partial charge in [-0.15, -0.1) is 0 Å². The van der Waals surface area contributed by atoms with Gasteiger partial charge in [-0.2, -0.15) is 0 Å². The number of hydrogen-bond donors (Lipinski definition) is 3. The molecular weight excluding hydrogens is 458 g/mol. The minimum absolute atomic E-state index is 0.0236. The van der Waals surface area contributed by atoms with E-state index in [0.29, 0.717) is 41.7 Å². The van der Waals surface area contributed by atoms with Gasteiger partial charge in [0.15, 0.2) is 0 Å². The van der Waals surface area contributed by atoms with E-state index in [1.807, 2.05) is 54.6 Å². The molecule has 0 unspecified atom stereocenters. The summed E-state index contributed by atoms with van der Waals surface area (Å²) in [5.74, 6) is 1.54. The van der Waals surface area contributed by atoms with Crippen molar-refractivity contribution in [3.05, 3.63) is 109 Å². The topological polar surface area (TPSA) is 102 Å². The van der Waals surface area contributed by atoms with Crippen molar-refractivity contribution >= 4 is 23.2 Å². The molecule has 0 aliphatic rings. The lowest BCUT2D eigenvalue weighted by molar-refractivity contribution is -0.114. The summed E-state index contributed by atoms with van der Waals surface area (Å²) >= 11 is 0. The van der Waals surface area contributed by atoms with Crippen LogP contribution in [0.4, 0.5) is 11.4 Å². The fourth-order valence-electron chi connectivity index (χ4n) is 3.37. The molecule has 0 aliphatic heterocycles. The summed E-state index contributed by atoms with van der Waals surface area (Å²) in [6, 6.07) is 27.2. The minimum atomic E-state index is -0.261. The standard InChI is InChI=1S/C28H27N3O5/c32-27(31-22-9-6-8-21(18-22)28(33)30-19-24-12-7-15-34-24)20-29-25-13-4-5-14-26(25)36-17-16-35-23-10-2-1-3-11-23/h1-15,18,29H,16-17,19-20H2,(H,30,33)(H,31,32). The Morgan fingerprint density at radius 2 is 1.61 bits per heavy atom. The van der Waals surface area contributed by atoms with Crippen LogP contribution in [0, 0.1) is 0 Å². The second kappa shape index (κ2) is 12.7. The lowest BCUT2D eigenvalue weighted by Crippen LogP contribution is -2.24. The molecule has 3 N–H and O–H groups in total. The Morgan fingerprint density at radius 1 is 0.806 bits per heavy atom. The van der Waals surface area contributed by atoms with E-state index in [0.717, 1.165) is 5.75 Å². The fourth-order valence-corrected chi connectivity index (χ4v) is 3.37. The first-order valence-corrected chi connectivity index (χ1v) is 11.5. The van der Waals surface area contributed by atoms with Crippen LogP contribution in [0.15, 0.2) is 102 Å². The number of amides is 2. The van der Waals surface area contributed by atoms with E-state index in [1.54, 1.807) is 42.7 Å². The molecule has 36 heavy (non-hydrogen) atoms. The number of hydrogen-bond acceptors (Lipinski definition) is 6. The number of anilines is 2. The van der Waals surface area contributed by atoms with Crippen molar-refractivity contribution in [2.24, 2.45) is 0 Å². The number of para-hydroxylation sites is 3. The summed E-state index contributed by atoms with van der Waals surface area (Å²) in [6.45, 7) is 1.06. The molecule has 4 aromatic rings. The van der Waals surface area contributed by atoms with Crippen LogP contribution in [0.25, 0.3) is 0 Å². The van der Waals surface area contributed by atoms with Gasteiger partial charge in [-0.1, -0.05) is 36.4 Å². The van der Waals surface area contributed by atoms with Crippen molar-refractivity contribution in [3.8, 4) is 11.5 Å². The summed E-state index contributed by atoms with van der Waals surface area (Å²) in [6.07, 6.45) is 1.55. The van der Waals surface area contributed by atoms with Gasteiger partial charge >= 0.3 is 0 Å². The predicted octanol–water partition coefficient (Wildman–Crippen LogP) is 4.72. The van der Waals surface area contributed by atoms with Gasteiger partial charge in [0.05, 0.1) is 25.0 Å². The second-order valence-corrected chi connectivity index (χ2v) is 7.75. The quantitative estimate of drug-likeness (QED) is 0.251. The Bertz CT molecular complexity index is 1260. The molecule has 184 valence electrons. The molecular formula is C28H27N3O5. The van der Waals surface area contributed by atoms with Gasteiger partial charge in [0.1, 0.15) is 30.5 Å². The van der Waals surface area contributed by atoms with E-state index in [1.165, 1.54) is 0 Å². The largest absolute Gasteiger partial charge is 0.490 e. The number of carbonyl (C=O) groups excluding carboxylic acids is 2. The van der Waals surface area contributed by atoms with E-state index in [2.05, 4.69) is 16.0 Å². The molecule has 0 aliphatic carbocycles. The molecule has 0 radical (unpaired) electrons. The number of rotatable bonds is 12. The molecule has 0 bridgehead atoms. The van der Waals surface area contributed by atoms with Gasteiger partial charge in [0.2, 0.25) is 5.91 Å². The first kappa shape index (κ1) is 24.4. The van der Waals surface area contributed by atoms with Crippen LogP contribution in [0.2, 0.25) is 0 Å². The first-order chi connectivity index (χ1) is 17.7. The Kier molecular flexibility index (Phi) is 8.58. The Hall–Kier alpha value is -4.72. The van der Waals surface area contributed by atoms with Crippen LogP contribution in [0.1, 0.15) is 16.1 Å². The van der Waals surface area contributed by atoms with Crippen LogP contribution in [0.5, 0.6) is 11.5 Å². The smallest absolute Gasteiger partial charge is 0.251 e. The summed E-state index contributed by atoms with van der Waals surface area (Å²) < 4.78 is 16.7. The molecule has 0 fully saturated rings. The van der Waals surface area contributed by atoms with Gasteiger partial charge in [0, 0.05) is 11.3 Å². The zero-order chi connectivity index (χ0) is 25.0. The third-order valence-electron chi connectivity index (χ3n) is 5.09. The highest BCUT2D eigenvalue weighted by molar-refractivity contribution is 5.98. The highest BCUT2D eigenvalue weighted by Gasteiger charge is 2.10. The number of nitrogens with one attached hydrogen (secondary N) is 3. The third kappa shape index (κ3) is 7.39. The zero-order valence-electron chi connectivity index (χ0n) is 19.6. The average molecular weight is 486 g/mol. The molecule has 8 heteroatoms. The normalized spacial score (nSPS) is 10.3. The number of ether oxygens (including phenoxy) is 2. The van der Waals surface area contributed by atoms with Gasteiger partial charge < -0.3 is 29.8 Å². The van der Waals surface area contributed by atoms with E-state index >= 15 is 0 Å². The van der Waals surface area contributed by atoms with Crippen molar-refractivity contribution in [2.75, 3.05) is 30.4 Å². The maximum Gasteiger partial charge on any atom is 0.251 e. The average Bonchev–Trinajstić information content (AvgIpc) is 3.44. The van der Waals surface area contributed by atoms with Gasteiger partial charge in [-0.25, -0.2) is 0 Å². The van der Waals surface area contributed by atoms with Crippen molar-refractivity contribution in [2.45, 2.75) is 6.54 Å². The van der Waals surface area contributed by atoms with Crippen molar-refractivity contribution in [1.29, 1.82) is 0 Å². The number of furan rings is 1. The van der Waals surface area contributed by atoms with Crippen molar-refractivity contribution < 1.29 is 23.5 Å². The Morgan fingerprint density at radius 3 is 2.44 bits per heavy atom. The zero-order valence-corrected chi connectivity index (χ0v) is 19.6. The molecule has 0 spiro atoms. The fraction of sp³-hybridized carbons (Fsp3) is 0.143. The maximum atomic E-state index is 12.5. The summed E-state index contributed by atoms with van der Waals surface area (Å²) in [5, 5.41) is 8.69. The summed E-state index contributed by atoms with van der Waals surface area (Å²) in [5.41, 5.74) is 1.65. The summed E-state index contributed by atoms with van der Waals surface area (Å²) in [4.78, 5) is 24.9. The van der Waals surface area contributed by atoms with Crippen LogP contribution in [0.3, 0.4) is 0 Å². The molecule has 1 heterocycles. The highest BCUT2D eigenvalue weighted by atomic mass is 16.5. The van der Waals surface area contributed by atoms with Crippen LogP contribution >= 0.6 is 0 Å². The molecule has 0 saturated carbocycles. The van der Waals surface area contributed by atoms with E-state index < -0.39 is 0 Å². The number of carbonyl (C=O) groups is 2. The minimum Gasteiger partial charge on any atom is -0.490 e. The first-order valence-electron chi connectivity index (χ1n) is 11.5. The van der Waals surface area contributed by atoms with E-state index in [4.69, 9.17) is 13.9 Å². The molecule has 1 aromatic heterocycles. The van der Waals surface area contributed by atoms with Crippen LogP contribution in [-0.4, -0.2) is 31.6 Å². The van der Waals surface area contributed by atoms with Gasteiger partial charge in [-0.3, -0.25) is 9.59 Å². The predicted molar refractivity (Wildman–Crippen MR) is 137 cm³/mol. The monoisotopic (exact) mass is 485 g/mol. The SMILES string of the molecule is O=C(CNc1ccccc1OCCOc1ccccc1)Nc1cccc(C(=O)NCc2ccco2)c1. The number of benzene rings is 3. The van der Waals surface area contributed by atoms with Gasteiger partial charge in [-0.05, 0) is 54.6 Å². The van der Waals surface area contributed by atoms with Gasteiger partial charge in [0.25, 0.3) is 5.91 Å². The summed E-state index contributed by atoms with van der Waals surface area (Å²) in [7, 11) is 0. The molecule has 2 amide bonds. The Labute approximate surface area is 209 Å². The van der Waals surface area contributed by atoms with Crippen molar-refractivity contribution in [3.63, 3.8) is 0 Å². The third-order valence-corrected chi connectivity index (χ3v) is 5.09. The molecule has 0 atom stereocenters. The van der Waals surface area contributed by atoms with Crippen LogP contribution in [-0.2, 0) is 11.3 Å².